The van der Waals surface area contributed by atoms with Crippen LogP contribution in [0, 0.1) is 13.8 Å². The molecule has 0 bridgehead atoms. The Morgan fingerprint density at radius 1 is 1.00 bits per heavy atom. The molecule has 1 aromatic heterocycles. The second kappa shape index (κ2) is 9.96. The van der Waals surface area contributed by atoms with Crippen LogP contribution in [0.3, 0.4) is 0 Å². The summed E-state index contributed by atoms with van der Waals surface area (Å²) < 4.78 is 13.1. The van der Waals surface area contributed by atoms with Crippen LogP contribution in [0.4, 0.5) is 0 Å². The fourth-order valence-electron chi connectivity index (χ4n) is 3.45. The lowest BCUT2D eigenvalue weighted by Crippen LogP contribution is -2.26. The summed E-state index contributed by atoms with van der Waals surface area (Å²) in [5.41, 5.74) is 4.19. The highest BCUT2D eigenvalue weighted by Crippen LogP contribution is 2.28. The summed E-state index contributed by atoms with van der Waals surface area (Å²) in [5.74, 6) is 1.37. The van der Waals surface area contributed by atoms with Gasteiger partial charge in [-0.2, -0.15) is 5.10 Å². The quantitative estimate of drug-likeness (QED) is 0.576. The Bertz CT molecular complexity index is 996. The van der Waals surface area contributed by atoms with E-state index < -0.39 is 0 Å². The molecular weight excluding hydrogens is 378 g/mol. The maximum Gasteiger partial charge on any atom is 0.255 e. The minimum atomic E-state index is -0.108. The van der Waals surface area contributed by atoms with E-state index in [1.807, 2.05) is 80.9 Å². The highest BCUT2D eigenvalue weighted by Gasteiger charge is 2.19. The van der Waals surface area contributed by atoms with Crippen LogP contribution in [0.1, 0.15) is 41.2 Å². The molecule has 6 nitrogen and oxygen atoms in total. The van der Waals surface area contributed by atoms with Crippen molar-refractivity contribution in [2.75, 3.05) is 19.8 Å². The maximum atomic E-state index is 12.8. The van der Waals surface area contributed by atoms with Crippen LogP contribution in [-0.2, 0) is 6.42 Å². The number of benzene rings is 2. The number of aryl methyl sites for hydroxylation is 1. The van der Waals surface area contributed by atoms with E-state index in [1.54, 1.807) is 0 Å². The average Bonchev–Trinajstić information content (AvgIpc) is 3.05. The monoisotopic (exact) mass is 407 g/mol. The summed E-state index contributed by atoms with van der Waals surface area (Å²) in [5, 5.41) is 7.57. The molecule has 0 saturated carbocycles. The average molecular weight is 408 g/mol. The minimum Gasteiger partial charge on any atom is -0.490 e. The molecule has 1 N–H and O–H groups in total. The normalized spacial score (nSPS) is 10.7. The fourth-order valence-corrected chi connectivity index (χ4v) is 3.45. The van der Waals surface area contributed by atoms with Gasteiger partial charge in [0.05, 0.1) is 35.9 Å². The number of hydrogen-bond acceptors (Lipinski definition) is 4. The van der Waals surface area contributed by atoms with Crippen molar-refractivity contribution in [3.05, 3.63) is 71.0 Å². The Kier molecular flexibility index (Phi) is 7.12. The second-order valence-corrected chi connectivity index (χ2v) is 6.95. The van der Waals surface area contributed by atoms with Crippen molar-refractivity contribution in [1.82, 2.24) is 15.1 Å². The zero-order valence-corrected chi connectivity index (χ0v) is 18.1. The molecule has 158 valence electrons. The number of carbonyl (C=O) groups is 1. The maximum absolute atomic E-state index is 12.8. The standard InChI is InChI=1S/C24H29N3O3/c1-5-29-21-13-12-19(16-22(21)30-6-2)14-15-25-24(28)23-17(3)26-27(18(23)4)20-10-8-7-9-11-20/h7-13,16H,5-6,14-15H2,1-4H3,(H,25,28). The van der Waals surface area contributed by atoms with Crippen molar-refractivity contribution < 1.29 is 14.3 Å². The van der Waals surface area contributed by atoms with E-state index >= 15 is 0 Å². The Labute approximate surface area is 177 Å². The molecule has 2 aromatic carbocycles. The van der Waals surface area contributed by atoms with Gasteiger partial charge in [-0.05, 0) is 63.9 Å². The number of para-hydroxylation sites is 1. The Balaban J connectivity index is 1.67. The molecule has 0 aliphatic heterocycles. The minimum absolute atomic E-state index is 0.108. The van der Waals surface area contributed by atoms with Gasteiger partial charge in [-0.25, -0.2) is 4.68 Å². The van der Waals surface area contributed by atoms with Crippen molar-refractivity contribution in [1.29, 1.82) is 0 Å². The summed E-state index contributed by atoms with van der Waals surface area (Å²) in [4.78, 5) is 12.8. The predicted octanol–water partition coefficient (Wildman–Crippen LogP) is 4.26. The van der Waals surface area contributed by atoms with Crippen LogP contribution in [0.2, 0.25) is 0 Å². The van der Waals surface area contributed by atoms with Crippen LogP contribution in [0.5, 0.6) is 11.5 Å². The smallest absolute Gasteiger partial charge is 0.255 e. The first-order chi connectivity index (χ1) is 14.5. The third-order valence-corrected chi connectivity index (χ3v) is 4.83. The highest BCUT2D eigenvalue weighted by atomic mass is 16.5. The summed E-state index contributed by atoms with van der Waals surface area (Å²) in [6, 6.07) is 15.7. The first-order valence-corrected chi connectivity index (χ1v) is 10.3. The molecule has 30 heavy (non-hydrogen) atoms. The molecule has 0 radical (unpaired) electrons. The molecule has 6 heteroatoms. The Morgan fingerprint density at radius 2 is 1.70 bits per heavy atom. The van der Waals surface area contributed by atoms with Crippen LogP contribution >= 0.6 is 0 Å². The Hall–Kier alpha value is -3.28. The van der Waals surface area contributed by atoms with Crippen molar-refractivity contribution in [3.8, 4) is 17.2 Å². The number of aromatic nitrogens is 2. The molecular formula is C24H29N3O3. The van der Waals surface area contributed by atoms with Crippen LogP contribution in [-0.4, -0.2) is 35.4 Å². The zero-order valence-electron chi connectivity index (χ0n) is 18.1. The van der Waals surface area contributed by atoms with E-state index in [2.05, 4.69) is 10.4 Å². The number of hydrogen-bond donors (Lipinski definition) is 1. The van der Waals surface area contributed by atoms with E-state index in [1.165, 1.54) is 0 Å². The number of nitrogens with zero attached hydrogens (tertiary/aromatic N) is 2. The largest absolute Gasteiger partial charge is 0.490 e. The topological polar surface area (TPSA) is 65.4 Å². The van der Waals surface area contributed by atoms with Gasteiger partial charge in [0.25, 0.3) is 5.91 Å². The van der Waals surface area contributed by atoms with Crippen LogP contribution < -0.4 is 14.8 Å². The van der Waals surface area contributed by atoms with Gasteiger partial charge in [-0.15, -0.1) is 0 Å². The lowest BCUT2D eigenvalue weighted by molar-refractivity contribution is 0.0953. The summed E-state index contributed by atoms with van der Waals surface area (Å²) in [6.07, 6.45) is 0.698. The second-order valence-electron chi connectivity index (χ2n) is 6.95. The SMILES string of the molecule is CCOc1ccc(CCNC(=O)c2c(C)nn(-c3ccccc3)c2C)cc1OCC. The molecule has 0 spiro atoms. The molecule has 0 fully saturated rings. The van der Waals surface area contributed by atoms with Gasteiger partial charge in [0.1, 0.15) is 0 Å². The van der Waals surface area contributed by atoms with E-state index in [0.717, 1.165) is 28.4 Å². The molecule has 0 saturated heterocycles. The summed E-state index contributed by atoms with van der Waals surface area (Å²) >= 11 is 0. The molecule has 0 atom stereocenters. The number of nitrogens with one attached hydrogen (secondary N) is 1. The van der Waals surface area contributed by atoms with Gasteiger partial charge < -0.3 is 14.8 Å². The van der Waals surface area contributed by atoms with Crippen molar-refractivity contribution in [2.45, 2.75) is 34.1 Å². The van der Waals surface area contributed by atoms with Crippen LogP contribution in [0.25, 0.3) is 5.69 Å². The lowest BCUT2D eigenvalue weighted by atomic mass is 10.1. The number of amides is 1. The van der Waals surface area contributed by atoms with Gasteiger partial charge >= 0.3 is 0 Å². The van der Waals surface area contributed by atoms with Crippen molar-refractivity contribution in [2.24, 2.45) is 0 Å². The van der Waals surface area contributed by atoms with Crippen LogP contribution in [0.15, 0.2) is 48.5 Å². The molecule has 1 amide bonds. The van der Waals surface area contributed by atoms with Gasteiger partial charge in [-0.3, -0.25) is 4.79 Å². The van der Waals surface area contributed by atoms with Crippen molar-refractivity contribution in [3.63, 3.8) is 0 Å². The first kappa shape index (κ1) is 21.4. The van der Waals surface area contributed by atoms with E-state index in [4.69, 9.17) is 9.47 Å². The van der Waals surface area contributed by atoms with Gasteiger partial charge in [0.2, 0.25) is 0 Å². The molecule has 0 aliphatic carbocycles. The molecule has 3 rings (SSSR count). The summed E-state index contributed by atoms with van der Waals surface area (Å²) in [6.45, 7) is 9.36. The van der Waals surface area contributed by atoms with E-state index in [9.17, 15) is 4.79 Å². The third-order valence-electron chi connectivity index (χ3n) is 4.83. The summed E-state index contributed by atoms with van der Waals surface area (Å²) in [7, 11) is 0. The van der Waals surface area contributed by atoms with Gasteiger partial charge in [0, 0.05) is 6.54 Å². The molecule has 0 aliphatic rings. The first-order valence-electron chi connectivity index (χ1n) is 10.3. The fraction of sp³-hybridized carbons (Fsp3) is 0.333. The number of ether oxygens (including phenoxy) is 2. The Morgan fingerprint density at radius 3 is 2.40 bits per heavy atom. The van der Waals surface area contributed by atoms with Gasteiger partial charge in [0.15, 0.2) is 11.5 Å². The van der Waals surface area contributed by atoms with E-state index in [-0.39, 0.29) is 5.91 Å². The number of rotatable bonds is 9. The highest BCUT2D eigenvalue weighted by molar-refractivity contribution is 5.96. The molecule has 0 unspecified atom stereocenters. The van der Waals surface area contributed by atoms with Gasteiger partial charge in [-0.1, -0.05) is 24.3 Å². The lowest BCUT2D eigenvalue weighted by Gasteiger charge is -2.12. The van der Waals surface area contributed by atoms with E-state index in [0.29, 0.717) is 37.4 Å². The molecule has 1 heterocycles. The predicted molar refractivity (Wildman–Crippen MR) is 118 cm³/mol. The third kappa shape index (κ3) is 4.82. The molecule has 3 aromatic rings. The number of carbonyl (C=O) groups excluding carboxylic acids is 1. The van der Waals surface area contributed by atoms with Crippen molar-refractivity contribution >= 4 is 5.91 Å². The zero-order chi connectivity index (χ0) is 21.5.